The van der Waals surface area contributed by atoms with Crippen molar-refractivity contribution in [2.45, 2.75) is 32.6 Å². The molecule has 0 aliphatic heterocycles. The van der Waals surface area contributed by atoms with Crippen molar-refractivity contribution in [1.82, 2.24) is 10.3 Å². The maximum absolute atomic E-state index is 12.0. The minimum Gasteiger partial charge on any atom is -0.370 e. The van der Waals surface area contributed by atoms with Gasteiger partial charge >= 0.3 is 0 Å². The van der Waals surface area contributed by atoms with Crippen LogP contribution in [-0.4, -0.2) is 36.0 Å². The number of thioether (sulfide) groups is 1. The maximum Gasteiger partial charge on any atom is 0.269 e. The maximum atomic E-state index is 12.0. The molecule has 0 radical (unpaired) electrons. The van der Waals surface area contributed by atoms with Gasteiger partial charge in [0, 0.05) is 13.1 Å². The number of aromatic nitrogens is 1. The Morgan fingerprint density at radius 1 is 1.25 bits per heavy atom. The number of anilines is 1. The molecule has 0 aliphatic rings. The van der Waals surface area contributed by atoms with Crippen LogP contribution in [0.1, 0.15) is 43.1 Å². The van der Waals surface area contributed by atoms with E-state index in [-0.39, 0.29) is 5.91 Å². The van der Waals surface area contributed by atoms with E-state index >= 15 is 0 Å². The molecule has 1 aromatic rings. The number of hydrogen-bond acceptors (Lipinski definition) is 4. The Balaban J connectivity index is 2.31. The van der Waals surface area contributed by atoms with Crippen LogP contribution in [0.25, 0.3) is 0 Å². The van der Waals surface area contributed by atoms with Gasteiger partial charge in [0.2, 0.25) is 0 Å². The SMILES string of the molecule is CCCNc1cccc(C(=O)NCCCCCSC)n1. The zero-order valence-electron chi connectivity index (χ0n) is 12.4. The largest absolute Gasteiger partial charge is 0.370 e. The molecule has 0 bridgehead atoms. The van der Waals surface area contributed by atoms with Crippen molar-refractivity contribution < 1.29 is 4.79 Å². The molecule has 0 saturated carbocycles. The van der Waals surface area contributed by atoms with Crippen LogP contribution in [0.15, 0.2) is 18.2 Å². The van der Waals surface area contributed by atoms with Crippen molar-refractivity contribution in [3.05, 3.63) is 23.9 Å². The first kappa shape index (κ1) is 16.8. The third kappa shape index (κ3) is 6.80. The van der Waals surface area contributed by atoms with Crippen LogP contribution in [0.4, 0.5) is 5.82 Å². The van der Waals surface area contributed by atoms with Gasteiger partial charge in [-0.25, -0.2) is 4.98 Å². The zero-order valence-corrected chi connectivity index (χ0v) is 13.3. The van der Waals surface area contributed by atoms with Crippen molar-refractivity contribution >= 4 is 23.5 Å². The first-order chi connectivity index (χ1) is 9.77. The third-order valence-corrected chi connectivity index (χ3v) is 3.55. The van der Waals surface area contributed by atoms with Crippen molar-refractivity contribution in [1.29, 1.82) is 0 Å². The summed E-state index contributed by atoms with van der Waals surface area (Å²) in [5, 5.41) is 6.11. The van der Waals surface area contributed by atoms with Crippen LogP contribution in [0.3, 0.4) is 0 Å². The van der Waals surface area contributed by atoms with Gasteiger partial charge in [-0.15, -0.1) is 0 Å². The molecule has 0 fully saturated rings. The first-order valence-electron chi connectivity index (χ1n) is 7.26. The number of hydrogen-bond donors (Lipinski definition) is 2. The number of pyridine rings is 1. The molecule has 1 aromatic heterocycles. The molecule has 0 spiro atoms. The van der Waals surface area contributed by atoms with Crippen molar-refractivity contribution in [2.75, 3.05) is 30.4 Å². The van der Waals surface area contributed by atoms with Crippen LogP contribution in [0.2, 0.25) is 0 Å². The summed E-state index contributed by atoms with van der Waals surface area (Å²) in [6, 6.07) is 5.49. The molecule has 0 atom stereocenters. The summed E-state index contributed by atoms with van der Waals surface area (Å²) in [5.41, 5.74) is 0.482. The van der Waals surface area contributed by atoms with E-state index in [9.17, 15) is 4.79 Å². The minimum absolute atomic E-state index is 0.0879. The summed E-state index contributed by atoms with van der Waals surface area (Å²) in [4.78, 5) is 16.3. The summed E-state index contributed by atoms with van der Waals surface area (Å²) < 4.78 is 0. The number of unbranched alkanes of at least 4 members (excludes halogenated alkanes) is 2. The van der Waals surface area contributed by atoms with Gasteiger partial charge in [0.25, 0.3) is 5.91 Å². The number of nitrogens with zero attached hydrogens (tertiary/aromatic N) is 1. The van der Waals surface area contributed by atoms with Gasteiger partial charge < -0.3 is 10.6 Å². The van der Waals surface area contributed by atoms with Crippen molar-refractivity contribution in [2.24, 2.45) is 0 Å². The first-order valence-corrected chi connectivity index (χ1v) is 8.65. The predicted molar refractivity (Wildman–Crippen MR) is 87.6 cm³/mol. The lowest BCUT2D eigenvalue weighted by Crippen LogP contribution is -2.25. The molecule has 0 aliphatic carbocycles. The fourth-order valence-corrected chi connectivity index (χ4v) is 2.25. The van der Waals surface area contributed by atoms with Gasteiger partial charge in [0.1, 0.15) is 11.5 Å². The average Bonchev–Trinajstić information content (AvgIpc) is 2.48. The van der Waals surface area contributed by atoms with E-state index in [0.29, 0.717) is 5.69 Å². The Bertz CT molecular complexity index is 398. The standard InChI is InChI=1S/C15H25N3OS/c1-3-10-16-14-9-7-8-13(18-14)15(19)17-11-5-4-6-12-20-2/h7-9H,3-6,10-12H2,1-2H3,(H,16,18)(H,17,19). The van der Waals surface area contributed by atoms with E-state index in [1.807, 2.05) is 23.9 Å². The monoisotopic (exact) mass is 295 g/mol. The number of amides is 1. The summed E-state index contributed by atoms with van der Waals surface area (Å²) in [7, 11) is 0. The lowest BCUT2D eigenvalue weighted by molar-refractivity contribution is 0.0948. The second-order valence-corrected chi connectivity index (χ2v) is 5.63. The van der Waals surface area contributed by atoms with E-state index in [2.05, 4.69) is 28.8 Å². The quantitative estimate of drug-likeness (QED) is 0.651. The van der Waals surface area contributed by atoms with Crippen LogP contribution in [0.5, 0.6) is 0 Å². The normalized spacial score (nSPS) is 10.3. The Morgan fingerprint density at radius 3 is 2.85 bits per heavy atom. The van der Waals surface area contributed by atoms with Crippen LogP contribution < -0.4 is 10.6 Å². The molecule has 4 nitrogen and oxygen atoms in total. The highest BCUT2D eigenvalue weighted by molar-refractivity contribution is 7.98. The van der Waals surface area contributed by atoms with Gasteiger partial charge in [0.15, 0.2) is 0 Å². The molecular weight excluding hydrogens is 270 g/mol. The number of nitrogens with one attached hydrogen (secondary N) is 2. The van der Waals surface area contributed by atoms with Crippen LogP contribution >= 0.6 is 11.8 Å². The van der Waals surface area contributed by atoms with Crippen molar-refractivity contribution in [3.8, 4) is 0 Å². The second-order valence-electron chi connectivity index (χ2n) is 4.64. The Morgan fingerprint density at radius 2 is 2.10 bits per heavy atom. The number of carbonyl (C=O) groups excluding carboxylic acids is 1. The highest BCUT2D eigenvalue weighted by Gasteiger charge is 2.06. The molecule has 0 unspecified atom stereocenters. The molecule has 0 aromatic carbocycles. The van der Waals surface area contributed by atoms with E-state index < -0.39 is 0 Å². The molecule has 1 heterocycles. The Hall–Kier alpha value is -1.23. The van der Waals surface area contributed by atoms with Gasteiger partial charge in [-0.05, 0) is 43.4 Å². The van der Waals surface area contributed by atoms with E-state index in [0.717, 1.165) is 38.2 Å². The lowest BCUT2D eigenvalue weighted by Gasteiger charge is -2.07. The molecule has 1 rings (SSSR count). The number of carbonyl (C=O) groups is 1. The Labute approximate surface area is 126 Å². The van der Waals surface area contributed by atoms with Gasteiger partial charge in [-0.1, -0.05) is 19.4 Å². The fourth-order valence-electron chi connectivity index (χ4n) is 1.75. The Kier molecular flexibility index (Phi) is 8.87. The van der Waals surface area contributed by atoms with Crippen LogP contribution in [0, 0.1) is 0 Å². The van der Waals surface area contributed by atoms with Gasteiger partial charge in [-0.3, -0.25) is 4.79 Å². The molecule has 0 saturated heterocycles. The third-order valence-electron chi connectivity index (χ3n) is 2.85. The van der Waals surface area contributed by atoms with Crippen molar-refractivity contribution in [3.63, 3.8) is 0 Å². The highest BCUT2D eigenvalue weighted by Crippen LogP contribution is 2.05. The second kappa shape index (κ2) is 10.5. The molecule has 1 amide bonds. The smallest absolute Gasteiger partial charge is 0.269 e. The summed E-state index contributed by atoms with van der Waals surface area (Å²) in [5.74, 6) is 1.87. The summed E-state index contributed by atoms with van der Waals surface area (Å²) in [6.45, 7) is 3.69. The average molecular weight is 295 g/mol. The molecule has 5 heteroatoms. The topological polar surface area (TPSA) is 54.0 Å². The molecule has 112 valence electrons. The van der Waals surface area contributed by atoms with Gasteiger partial charge in [0.05, 0.1) is 0 Å². The molecule has 20 heavy (non-hydrogen) atoms. The van der Waals surface area contributed by atoms with E-state index in [4.69, 9.17) is 0 Å². The van der Waals surface area contributed by atoms with Crippen LogP contribution in [-0.2, 0) is 0 Å². The molecular formula is C15H25N3OS. The highest BCUT2D eigenvalue weighted by atomic mass is 32.2. The summed E-state index contributed by atoms with van der Waals surface area (Å²) >= 11 is 1.87. The zero-order chi connectivity index (χ0) is 14.6. The van der Waals surface area contributed by atoms with Gasteiger partial charge in [-0.2, -0.15) is 11.8 Å². The fraction of sp³-hybridized carbons (Fsp3) is 0.600. The summed E-state index contributed by atoms with van der Waals surface area (Å²) in [6.07, 6.45) is 6.56. The van der Waals surface area contributed by atoms with E-state index in [1.165, 1.54) is 12.2 Å². The number of rotatable bonds is 10. The predicted octanol–water partition coefficient (Wildman–Crippen LogP) is 3.17. The molecule has 2 N–H and O–H groups in total. The van der Waals surface area contributed by atoms with E-state index in [1.54, 1.807) is 6.07 Å². The lowest BCUT2D eigenvalue weighted by atomic mass is 10.2. The minimum atomic E-state index is -0.0879.